The minimum absolute atomic E-state index is 1.07. The normalized spacial score (nSPS) is 13.0. The molecular weight excluding hydrogens is 170 g/mol. The van der Waals surface area contributed by atoms with Crippen LogP contribution in [0.1, 0.15) is 25.1 Å². The van der Waals surface area contributed by atoms with E-state index in [1.807, 2.05) is 13.0 Å². The van der Waals surface area contributed by atoms with Crippen LogP contribution in [0.15, 0.2) is 12.2 Å². The van der Waals surface area contributed by atoms with Crippen molar-refractivity contribution in [1.82, 2.24) is 4.57 Å². The van der Waals surface area contributed by atoms with E-state index in [0.29, 0.717) is 0 Å². The van der Waals surface area contributed by atoms with Gasteiger partial charge in [0, 0.05) is 23.3 Å². The molecule has 1 aromatic heterocycles. The van der Waals surface area contributed by atoms with Crippen molar-refractivity contribution in [3.63, 3.8) is 0 Å². The molecule has 0 aliphatic rings. The first-order valence-electron chi connectivity index (χ1n) is 5.09. The Morgan fingerprint density at radius 2 is 2.07 bits per heavy atom. The highest BCUT2D eigenvalue weighted by atomic mass is 14.9. The van der Waals surface area contributed by atoms with Gasteiger partial charge in [-0.2, -0.15) is 0 Å². The average molecular weight is 189 g/mol. The molecular formula is C13H19N. The maximum absolute atomic E-state index is 4.10. The lowest BCUT2D eigenvalue weighted by molar-refractivity contribution is 0.843. The van der Waals surface area contributed by atoms with Crippen LogP contribution in [0.25, 0.3) is 12.7 Å². The van der Waals surface area contributed by atoms with E-state index >= 15 is 0 Å². The molecule has 0 bridgehead atoms. The number of hydrogen-bond donors (Lipinski definition) is 0. The largest absolute Gasteiger partial charge is 0.348 e. The van der Waals surface area contributed by atoms with Crippen LogP contribution >= 0.6 is 0 Å². The van der Waals surface area contributed by atoms with E-state index in [2.05, 4.69) is 44.2 Å². The zero-order valence-corrected chi connectivity index (χ0v) is 9.59. The zero-order chi connectivity index (χ0) is 10.7. The summed E-state index contributed by atoms with van der Waals surface area (Å²) in [6, 6.07) is 0. The summed E-state index contributed by atoms with van der Waals surface area (Å²) in [7, 11) is 2.07. The van der Waals surface area contributed by atoms with Gasteiger partial charge in [-0.25, -0.2) is 0 Å². The van der Waals surface area contributed by atoms with Gasteiger partial charge < -0.3 is 4.57 Å². The Kier molecular flexibility index (Phi) is 3.34. The SMILES string of the molecule is C=c1c(=CC=CC)c(CC)c(C)n1C. The molecule has 0 saturated carbocycles. The molecule has 1 heterocycles. The third kappa shape index (κ3) is 1.67. The lowest BCUT2D eigenvalue weighted by Crippen LogP contribution is -2.27. The molecule has 76 valence electrons. The van der Waals surface area contributed by atoms with Gasteiger partial charge in [0.05, 0.1) is 0 Å². The molecule has 0 atom stereocenters. The Hall–Kier alpha value is -1.24. The highest BCUT2D eigenvalue weighted by Crippen LogP contribution is 1.99. The van der Waals surface area contributed by atoms with Crippen LogP contribution in [0.5, 0.6) is 0 Å². The van der Waals surface area contributed by atoms with Crippen LogP contribution in [-0.4, -0.2) is 4.57 Å². The van der Waals surface area contributed by atoms with Crippen LogP contribution in [-0.2, 0) is 13.5 Å². The molecule has 0 aromatic carbocycles. The molecule has 1 heteroatoms. The predicted molar refractivity (Wildman–Crippen MR) is 63.6 cm³/mol. The molecule has 0 saturated heterocycles. The van der Waals surface area contributed by atoms with Crippen molar-refractivity contribution in [2.24, 2.45) is 7.05 Å². The molecule has 14 heavy (non-hydrogen) atoms. The molecule has 0 spiro atoms. The second kappa shape index (κ2) is 4.32. The Morgan fingerprint density at radius 3 is 2.57 bits per heavy atom. The highest BCUT2D eigenvalue weighted by molar-refractivity contribution is 5.42. The molecule has 1 rings (SSSR count). The number of rotatable bonds is 2. The first-order chi connectivity index (χ1) is 6.63. The topological polar surface area (TPSA) is 4.93 Å². The Balaban J connectivity index is 3.57. The summed E-state index contributed by atoms with van der Waals surface area (Å²) >= 11 is 0. The van der Waals surface area contributed by atoms with Crippen LogP contribution in [0.4, 0.5) is 0 Å². The maximum atomic E-state index is 4.10. The first kappa shape index (κ1) is 10.8. The van der Waals surface area contributed by atoms with Gasteiger partial charge in [0.25, 0.3) is 0 Å². The summed E-state index contributed by atoms with van der Waals surface area (Å²) in [6.45, 7) is 10.5. The monoisotopic (exact) mass is 189 g/mol. The van der Waals surface area contributed by atoms with E-state index < -0.39 is 0 Å². The molecule has 0 aliphatic carbocycles. The van der Waals surface area contributed by atoms with Crippen LogP contribution in [0.2, 0.25) is 0 Å². The Morgan fingerprint density at radius 1 is 1.43 bits per heavy atom. The fraction of sp³-hybridized carbons (Fsp3) is 0.385. The zero-order valence-electron chi connectivity index (χ0n) is 9.59. The van der Waals surface area contributed by atoms with Gasteiger partial charge in [-0.15, -0.1) is 0 Å². The summed E-state index contributed by atoms with van der Waals surface area (Å²) in [6.07, 6.45) is 7.33. The molecule has 0 aliphatic heterocycles. The average Bonchev–Trinajstić information content (AvgIpc) is 2.39. The van der Waals surface area contributed by atoms with Gasteiger partial charge in [0.15, 0.2) is 0 Å². The fourth-order valence-electron chi connectivity index (χ4n) is 1.79. The Labute approximate surface area is 86.1 Å². The molecule has 0 N–H and O–H groups in total. The molecule has 0 amide bonds. The smallest absolute Gasteiger partial charge is 0.0409 e. The van der Waals surface area contributed by atoms with Crippen molar-refractivity contribution in [3.05, 3.63) is 34.0 Å². The van der Waals surface area contributed by atoms with Gasteiger partial charge in [-0.3, -0.25) is 0 Å². The predicted octanol–water partition coefficient (Wildman–Crippen LogP) is 1.66. The molecule has 0 radical (unpaired) electrons. The quantitative estimate of drug-likeness (QED) is 0.667. The van der Waals surface area contributed by atoms with Crippen molar-refractivity contribution in [2.75, 3.05) is 0 Å². The highest BCUT2D eigenvalue weighted by Gasteiger charge is 2.04. The lowest BCUT2D eigenvalue weighted by atomic mass is 10.1. The number of hydrogen-bond acceptors (Lipinski definition) is 0. The second-order valence-corrected chi connectivity index (χ2v) is 3.53. The van der Waals surface area contributed by atoms with E-state index in [1.165, 1.54) is 16.5 Å². The van der Waals surface area contributed by atoms with E-state index in [4.69, 9.17) is 0 Å². The van der Waals surface area contributed by atoms with Gasteiger partial charge in [0.2, 0.25) is 0 Å². The van der Waals surface area contributed by atoms with Crippen LogP contribution in [0, 0.1) is 6.92 Å². The Bertz CT molecular complexity index is 447. The number of aromatic nitrogens is 1. The van der Waals surface area contributed by atoms with Crippen LogP contribution < -0.4 is 10.6 Å². The molecule has 1 nitrogen and oxygen atoms in total. The van der Waals surface area contributed by atoms with Gasteiger partial charge in [-0.05, 0) is 25.8 Å². The minimum Gasteiger partial charge on any atom is -0.348 e. The van der Waals surface area contributed by atoms with Crippen molar-refractivity contribution in [2.45, 2.75) is 27.2 Å². The summed E-state index contributed by atoms with van der Waals surface area (Å²) in [5.41, 5.74) is 2.74. The lowest BCUT2D eigenvalue weighted by Gasteiger charge is -1.97. The van der Waals surface area contributed by atoms with Gasteiger partial charge in [-0.1, -0.05) is 31.7 Å². The summed E-state index contributed by atoms with van der Waals surface area (Å²) in [5, 5.41) is 2.39. The molecule has 0 fully saturated rings. The van der Waals surface area contributed by atoms with E-state index in [-0.39, 0.29) is 0 Å². The van der Waals surface area contributed by atoms with Gasteiger partial charge in [0.1, 0.15) is 0 Å². The summed E-state index contributed by atoms with van der Waals surface area (Å²) < 4.78 is 2.16. The van der Waals surface area contributed by atoms with E-state index in [0.717, 1.165) is 11.8 Å². The van der Waals surface area contributed by atoms with Gasteiger partial charge >= 0.3 is 0 Å². The van der Waals surface area contributed by atoms with Crippen molar-refractivity contribution in [1.29, 1.82) is 0 Å². The third-order valence-corrected chi connectivity index (χ3v) is 2.79. The molecule has 1 aromatic rings. The van der Waals surface area contributed by atoms with Crippen molar-refractivity contribution in [3.8, 4) is 0 Å². The summed E-state index contributed by atoms with van der Waals surface area (Å²) in [4.78, 5) is 0. The second-order valence-electron chi connectivity index (χ2n) is 3.53. The van der Waals surface area contributed by atoms with Crippen molar-refractivity contribution >= 4 is 12.7 Å². The maximum Gasteiger partial charge on any atom is 0.0409 e. The number of nitrogens with zero attached hydrogens (tertiary/aromatic N) is 1. The first-order valence-corrected chi connectivity index (χ1v) is 5.09. The van der Waals surface area contributed by atoms with E-state index in [9.17, 15) is 0 Å². The van der Waals surface area contributed by atoms with E-state index in [1.54, 1.807) is 0 Å². The third-order valence-electron chi connectivity index (χ3n) is 2.79. The fourth-order valence-corrected chi connectivity index (χ4v) is 1.79. The summed E-state index contributed by atoms with van der Waals surface area (Å²) in [5.74, 6) is 0. The molecule has 0 unspecified atom stereocenters. The van der Waals surface area contributed by atoms with Crippen molar-refractivity contribution < 1.29 is 0 Å². The minimum atomic E-state index is 1.07. The standard InChI is InChI=1S/C13H19N/c1-6-8-9-13-11(4)14(5)10(3)12(13)7-2/h6,8-9H,4,7H2,1-3,5H3. The van der Waals surface area contributed by atoms with Crippen LogP contribution in [0.3, 0.4) is 0 Å². The number of allylic oxidation sites excluding steroid dienone is 2.